The van der Waals surface area contributed by atoms with Crippen LogP contribution in [0.15, 0.2) is 22.7 Å². The van der Waals surface area contributed by atoms with Crippen LogP contribution in [0.4, 0.5) is 0 Å². The van der Waals surface area contributed by atoms with Crippen molar-refractivity contribution in [3.8, 4) is 0 Å². The van der Waals surface area contributed by atoms with E-state index in [4.69, 9.17) is 10.8 Å². The van der Waals surface area contributed by atoms with Crippen LogP contribution in [0.3, 0.4) is 0 Å². The Morgan fingerprint density at radius 2 is 2.14 bits per heavy atom. The highest BCUT2D eigenvalue weighted by Gasteiger charge is 2.08. The van der Waals surface area contributed by atoms with Gasteiger partial charge in [0.2, 0.25) is 0 Å². The highest BCUT2D eigenvalue weighted by atomic mass is 79.9. The van der Waals surface area contributed by atoms with Crippen LogP contribution in [-0.2, 0) is 0 Å². The summed E-state index contributed by atoms with van der Waals surface area (Å²) in [6, 6.07) is 5.98. The Labute approximate surface area is 99.0 Å². The van der Waals surface area contributed by atoms with Crippen molar-refractivity contribution in [2.24, 2.45) is 5.73 Å². The molecule has 0 spiro atoms. The van der Waals surface area contributed by atoms with E-state index in [1.54, 1.807) is 0 Å². The van der Waals surface area contributed by atoms with Gasteiger partial charge < -0.3 is 10.8 Å². The average molecular weight is 281 g/mol. The van der Waals surface area contributed by atoms with Gasteiger partial charge in [0.05, 0.1) is 0 Å². The Kier molecular flexibility index (Phi) is 6.36. The van der Waals surface area contributed by atoms with Crippen molar-refractivity contribution in [1.29, 1.82) is 0 Å². The molecule has 1 aromatic rings. The molecule has 0 aliphatic heterocycles. The maximum absolute atomic E-state index is 8.75. The van der Waals surface area contributed by atoms with E-state index in [1.165, 1.54) is 5.56 Å². The molecule has 0 saturated carbocycles. The summed E-state index contributed by atoms with van der Waals surface area (Å²) < 4.78 is 1.02. The first-order valence-corrected chi connectivity index (χ1v) is 5.07. The molecule has 0 heterocycles. The van der Waals surface area contributed by atoms with Crippen LogP contribution in [0.25, 0.3) is 0 Å². The molecule has 0 amide bonds. The standard InChI is InChI=1S/C10H14BrNO.ClH/c1-7-2-3-8(9(11)6-7)10(12)4-5-13;/h2-3,6,10,13H,4-5,12H2,1H3;1H. The van der Waals surface area contributed by atoms with Crippen molar-refractivity contribution < 1.29 is 5.11 Å². The second kappa shape index (κ2) is 6.40. The summed E-state index contributed by atoms with van der Waals surface area (Å²) >= 11 is 3.46. The van der Waals surface area contributed by atoms with Gasteiger partial charge in [-0.1, -0.05) is 28.1 Å². The molecule has 0 radical (unpaired) electrons. The Bertz CT molecular complexity index is 293. The Morgan fingerprint density at radius 3 is 2.64 bits per heavy atom. The van der Waals surface area contributed by atoms with Crippen molar-refractivity contribution in [1.82, 2.24) is 0 Å². The third-order valence-electron chi connectivity index (χ3n) is 2.00. The maximum Gasteiger partial charge on any atom is 0.0449 e. The fraction of sp³-hybridized carbons (Fsp3) is 0.400. The van der Waals surface area contributed by atoms with Crippen LogP contribution in [0.2, 0.25) is 0 Å². The fourth-order valence-electron chi connectivity index (χ4n) is 1.23. The Balaban J connectivity index is 0.00000169. The lowest BCUT2D eigenvalue weighted by Gasteiger charge is -2.12. The van der Waals surface area contributed by atoms with Crippen LogP contribution in [-0.4, -0.2) is 11.7 Å². The van der Waals surface area contributed by atoms with Crippen molar-refractivity contribution >= 4 is 28.3 Å². The van der Waals surface area contributed by atoms with Gasteiger partial charge in [-0.15, -0.1) is 12.4 Å². The van der Waals surface area contributed by atoms with E-state index < -0.39 is 0 Å². The number of aryl methyl sites for hydroxylation is 1. The predicted molar refractivity (Wildman–Crippen MR) is 64.8 cm³/mol. The van der Waals surface area contributed by atoms with Gasteiger partial charge in [0.15, 0.2) is 0 Å². The van der Waals surface area contributed by atoms with Crippen LogP contribution in [0, 0.1) is 6.92 Å². The number of hydrogen-bond acceptors (Lipinski definition) is 2. The highest BCUT2D eigenvalue weighted by Crippen LogP contribution is 2.24. The molecular formula is C10H15BrClNO. The van der Waals surface area contributed by atoms with Crippen molar-refractivity contribution in [2.75, 3.05) is 6.61 Å². The molecule has 0 saturated heterocycles. The van der Waals surface area contributed by atoms with Gasteiger partial charge in [-0.05, 0) is 30.5 Å². The van der Waals surface area contributed by atoms with E-state index in [2.05, 4.69) is 15.9 Å². The minimum absolute atomic E-state index is 0. The summed E-state index contributed by atoms with van der Waals surface area (Å²) in [5, 5.41) is 8.75. The lowest BCUT2D eigenvalue weighted by Crippen LogP contribution is -2.12. The molecule has 1 unspecified atom stereocenters. The average Bonchev–Trinajstić information content (AvgIpc) is 2.04. The van der Waals surface area contributed by atoms with Crippen LogP contribution in [0.5, 0.6) is 0 Å². The summed E-state index contributed by atoms with van der Waals surface area (Å²) in [5.74, 6) is 0. The van der Waals surface area contributed by atoms with E-state index in [0.29, 0.717) is 6.42 Å². The number of rotatable bonds is 3. The van der Waals surface area contributed by atoms with E-state index in [9.17, 15) is 0 Å². The molecule has 0 aromatic heterocycles. The second-order valence-corrected chi connectivity index (χ2v) is 4.00. The first-order valence-electron chi connectivity index (χ1n) is 4.27. The number of hydrogen-bond donors (Lipinski definition) is 2. The zero-order valence-electron chi connectivity index (χ0n) is 8.03. The minimum atomic E-state index is -0.0834. The molecule has 0 aliphatic carbocycles. The van der Waals surface area contributed by atoms with Crippen LogP contribution in [0.1, 0.15) is 23.6 Å². The van der Waals surface area contributed by atoms with Gasteiger partial charge >= 0.3 is 0 Å². The van der Waals surface area contributed by atoms with E-state index >= 15 is 0 Å². The lowest BCUT2D eigenvalue weighted by atomic mass is 10.0. The number of halogens is 2. The van der Waals surface area contributed by atoms with Crippen molar-refractivity contribution in [2.45, 2.75) is 19.4 Å². The van der Waals surface area contributed by atoms with Crippen LogP contribution < -0.4 is 5.73 Å². The summed E-state index contributed by atoms with van der Waals surface area (Å²) in [7, 11) is 0. The number of nitrogens with two attached hydrogens (primary N) is 1. The Morgan fingerprint density at radius 1 is 1.50 bits per heavy atom. The van der Waals surface area contributed by atoms with Gasteiger partial charge in [-0.3, -0.25) is 0 Å². The predicted octanol–water partition coefficient (Wildman–Crippen LogP) is 2.56. The number of aliphatic hydroxyl groups excluding tert-OH is 1. The molecule has 3 N–H and O–H groups in total. The Hall–Kier alpha value is -0.0900. The molecule has 0 aliphatic rings. The quantitative estimate of drug-likeness (QED) is 0.894. The van der Waals surface area contributed by atoms with Gasteiger partial charge in [-0.25, -0.2) is 0 Å². The SMILES string of the molecule is Cc1ccc(C(N)CCO)c(Br)c1.Cl. The smallest absolute Gasteiger partial charge is 0.0449 e. The molecule has 0 bridgehead atoms. The zero-order valence-corrected chi connectivity index (χ0v) is 10.4. The van der Waals surface area contributed by atoms with Crippen molar-refractivity contribution in [3.63, 3.8) is 0 Å². The minimum Gasteiger partial charge on any atom is -0.396 e. The molecule has 80 valence electrons. The summed E-state index contributed by atoms with van der Waals surface area (Å²) in [6.07, 6.45) is 0.599. The second-order valence-electron chi connectivity index (χ2n) is 3.14. The molecule has 1 atom stereocenters. The first kappa shape index (κ1) is 13.9. The summed E-state index contributed by atoms with van der Waals surface area (Å²) in [4.78, 5) is 0. The molecular weight excluding hydrogens is 265 g/mol. The normalized spacial score (nSPS) is 12.0. The van der Waals surface area contributed by atoms with E-state index in [-0.39, 0.29) is 25.1 Å². The molecule has 1 rings (SSSR count). The monoisotopic (exact) mass is 279 g/mol. The number of benzene rings is 1. The van der Waals surface area contributed by atoms with Gasteiger partial charge in [0, 0.05) is 17.1 Å². The summed E-state index contributed by atoms with van der Waals surface area (Å²) in [5.41, 5.74) is 8.12. The van der Waals surface area contributed by atoms with Crippen LogP contribution >= 0.6 is 28.3 Å². The summed E-state index contributed by atoms with van der Waals surface area (Å²) in [6.45, 7) is 2.16. The highest BCUT2D eigenvalue weighted by molar-refractivity contribution is 9.10. The van der Waals surface area contributed by atoms with E-state index in [1.807, 2.05) is 25.1 Å². The molecule has 4 heteroatoms. The van der Waals surface area contributed by atoms with Gasteiger partial charge in [0.25, 0.3) is 0 Å². The fourth-order valence-corrected chi connectivity index (χ4v) is 2.01. The molecule has 2 nitrogen and oxygen atoms in total. The van der Waals surface area contributed by atoms with Gasteiger partial charge in [-0.2, -0.15) is 0 Å². The topological polar surface area (TPSA) is 46.2 Å². The molecule has 1 aromatic carbocycles. The maximum atomic E-state index is 8.75. The first-order chi connectivity index (χ1) is 6.15. The lowest BCUT2D eigenvalue weighted by molar-refractivity contribution is 0.276. The largest absolute Gasteiger partial charge is 0.396 e. The van der Waals surface area contributed by atoms with E-state index in [0.717, 1.165) is 10.0 Å². The third kappa shape index (κ3) is 3.58. The third-order valence-corrected chi connectivity index (χ3v) is 2.68. The van der Waals surface area contributed by atoms with Gasteiger partial charge in [0.1, 0.15) is 0 Å². The molecule has 14 heavy (non-hydrogen) atoms. The zero-order chi connectivity index (χ0) is 9.84. The molecule has 0 fully saturated rings. The van der Waals surface area contributed by atoms with Crippen molar-refractivity contribution in [3.05, 3.63) is 33.8 Å². The number of aliphatic hydroxyl groups is 1.